The predicted octanol–water partition coefficient (Wildman–Crippen LogP) is 3.06. The van der Waals surface area contributed by atoms with Crippen LogP contribution in [0.2, 0.25) is 0 Å². The smallest absolute Gasteiger partial charge is 0.394 e. The van der Waals surface area contributed by atoms with E-state index in [-0.39, 0.29) is 11.4 Å². The van der Waals surface area contributed by atoms with E-state index in [1.54, 1.807) is 0 Å². The van der Waals surface area contributed by atoms with Crippen molar-refractivity contribution in [3.8, 4) is 0 Å². The third kappa shape index (κ3) is 3.16. The number of hydrogen-bond acceptors (Lipinski definition) is 4. The molecule has 2 rings (SSSR count). The maximum atomic E-state index is 13.0. The molecule has 1 N–H and O–H groups in total. The molecule has 1 fully saturated rings. The molecule has 0 saturated carbocycles. The number of nitro groups is 1. The average molecular weight is 383 g/mol. The summed E-state index contributed by atoms with van der Waals surface area (Å²) in [6, 6.07) is 3.87. The van der Waals surface area contributed by atoms with Crippen LogP contribution in [0.25, 0.3) is 0 Å². The fourth-order valence-corrected chi connectivity index (χ4v) is 2.84. The number of anilines is 1. The second-order valence-electron chi connectivity index (χ2n) is 4.89. The Kier molecular flexibility index (Phi) is 4.32. The van der Waals surface area contributed by atoms with Crippen LogP contribution in [-0.4, -0.2) is 35.3 Å². The monoisotopic (exact) mass is 382 g/mol. The van der Waals surface area contributed by atoms with Crippen molar-refractivity contribution in [2.75, 3.05) is 18.0 Å². The number of carbonyl (C=O) groups is 1. The first-order chi connectivity index (χ1) is 10.1. The van der Waals surface area contributed by atoms with Crippen molar-refractivity contribution in [1.82, 2.24) is 0 Å². The summed E-state index contributed by atoms with van der Waals surface area (Å²) in [6.07, 6.45) is -4.68. The molecule has 0 spiro atoms. The maximum absolute atomic E-state index is 13.0. The van der Waals surface area contributed by atoms with E-state index in [9.17, 15) is 28.1 Å². The summed E-state index contributed by atoms with van der Waals surface area (Å²) in [6.45, 7) is -1.06. The fraction of sp³-hybridized carbons (Fsp3) is 0.417. The van der Waals surface area contributed by atoms with E-state index < -0.39 is 42.0 Å². The molecule has 1 aliphatic heterocycles. The van der Waals surface area contributed by atoms with Crippen molar-refractivity contribution < 1.29 is 28.0 Å². The summed E-state index contributed by atoms with van der Waals surface area (Å²) in [5, 5.41) is 20.0. The molecular weight excluding hydrogens is 373 g/mol. The van der Waals surface area contributed by atoms with E-state index in [0.717, 1.165) is 11.0 Å². The molecule has 1 aromatic rings. The molecule has 1 aromatic carbocycles. The zero-order valence-electron chi connectivity index (χ0n) is 10.9. The molecule has 0 bridgehead atoms. The summed E-state index contributed by atoms with van der Waals surface area (Å²) >= 11 is 3.10. The van der Waals surface area contributed by atoms with Gasteiger partial charge in [-0.15, -0.1) is 0 Å². The third-order valence-electron chi connectivity index (χ3n) is 3.53. The van der Waals surface area contributed by atoms with Crippen LogP contribution in [0.4, 0.5) is 24.5 Å². The van der Waals surface area contributed by atoms with Crippen LogP contribution in [0.3, 0.4) is 0 Å². The largest absolute Gasteiger partial charge is 0.481 e. The van der Waals surface area contributed by atoms with Crippen molar-refractivity contribution in [1.29, 1.82) is 0 Å². The maximum Gasteiger partial charge on any atom is 0.394 e. The number of alkyl halides is 3. The Morgan fingerprint density at radius 1 is 1.41 bits per heavy atom. The number of halogens is 4. The van der Waals surface area contributed by atoms with Crippen LogP contribution in [-0.2, 0) is 4.79 Å². The zero-order valence-corrected chi connectivity index (χ0v) is 12.5. The van der Waals surface area contributed by atoms with Crippen molar-refractivity contribution in [2.45, 2.75) is 6.18 Å². The Morgan fingerprint density at radius 2 is 2.05 bits per heavy atom. The van der Waals surface area contributed by atoms with Crippen LogP contribution in [0.15, 0.2) is 22.7 Å². The lowest BCUT2D eigenvalue weighted by Gasteiger charge is -2.19. The first-order valence-electron chi connectivity index (χ1n) is 6.09. The Hall–Kier alpha value is -1.84. The molecule has 0 aromatic heterocycles. The van der Waals surface area contributed by atoms with Gasteiger partial charge in [-0.05, 0) is 12.1 Å². The number of aliphatic carboxylic acids is 1. The van der Waals surface area contributed by atoms with Gasteiger partial charge < -0.3 is 10.0 Å². The lowest BCUT2D eigenvalue weighted by atomic mass is 9.96. The minimum atomic E-state index is -4.68. The summed E-state index contributed by atoms with van der Waals surface area (Å²) in [7, 11) is 0. The van der Waals surface area contributed by atoms with Crippen molar-refractivity contribution >= 4 is 33.3 Å². The lowest BCUT2D eigenvalue weighted by molar-refractivity contribution is -0.384. The Labute approximate surface area is 130 Å². The van der Waals surface area contributed by atoms with Gasteiger partial charge in [-0.3, -0.25) is 14.9 Å². The quantitative estimate of drug-likeness (QED) is 0.641. The van der Waals surface area contributed by atoms with Gasteiger partial charge in [0.2, 0.25) is 0 Å². The molecule has 6 nitrogen and oxygen atoms in total. The van der Waals surface area contributed by atoms with E-state index in [2.05, 4.69) is 15.9 Å². The highest BCUT2D eigenvalue weighted by molar-refractivity contribution is 9.10. The van der Waals surface area contributed by atoms with Gasteiger partial charge in [0.25, 0.3) is 5.69 Å². The third-order valence-corrected chi connectivity index (χ3v) is 4.03. The van der Waals surface area contributed by atoms with E-state index >= 15 is 0 Å². The van der Waals surface area contributed by atoms with Gasteiger partial charge in [-0.1, -0.05) is 15.9 Å². The Bertz CT molecular complexity index is 623. The SMILES string of the molecule is O=C(O)[C@@H]1CN(c2cc(Br)ccc2[N+](=O)[O-])C[C@H]1C(F)(F)F. The molecule has 120 valence electrons. The number of rotatable bonds is 3. The fourth-order valence-electron chi connectivity index (χ4n) is 2.49. The molecule has 0 amide bonds. The van der Waals surface area contributed by atoms with E-state index in [1.165, 1.54) is 12.1 Å². The van der Waals surface area contributed by atoms with Gasteiger partial charge in [-0.25, -0.2) is 0 Å². The first kappa shape index (κ1) is 16.5. The highest BCUT2D eigenvalue weighted by Crippen LogP contribution is 2.42. The van der Waals surface area contributed by atoms with Gasteiger partial charge in [-0.2, -0.15) is 13.2 Å². The predicted molar refractivity (Wildman–Crippen MR) is 73.7 cm³/mol. The molecule has 0 radical (unpaired) electrons. The van der Waals surface area contributed by atoms with Crippen molar-refractivity contribution in [3.63, 3.8) is 0 Å². The number of carboxylic acids is 1. The highest BCUT2D eigenvalue weighted by Gasteiger charge is 2.53. The van der Waals surface area contributed by atoms with E-state index in [4.69, 9.17) is 5.11 Å². The summed E-state index contributed by atoms with van der Waals surface area (Å²) in [5.41, 5.74) is -0.396. The number of hydrogen-bond donors (Lipinski definition) is 1. The molecule has 1 aliphatic rings. The van der Waals surface area contributed by atoms with E-state index in [1.807, 2.05) is 0 Å². The van der Waals surface area contributed by atoms with E-state index in [0.29, 0.717) is 4.47 Å². The van der Waals surface area contributed by atoms with Crippen LogP contribution in [0, 0.1) is 22.0 Å². The number of nitro benzene ring substituents is 1. The number of carboxylic acid groups (broad SMARTS) is 1. The second-order valence-corrected chi connectivity index (χ2v) is 5.80. The number of nitrogens with zero attached hydrogens (tertiary/aromatic N) is 2. The van der Waals surface area contributed by atoms with Gasteiger partial charge in [0.1, 0.15) is 5.69 Å². The summed E-state index contributed by atoms with van der Waals surface area (Å²) in [4.78, 5) is 22.4. The molecule has 22 heavy (non-hydrogen) atoms. The minimum Gasteiger partial charge on any atom is -0.481 e. The van der Waals surface area contributed by atoms with Crippen LogP contribution < -0.4 is 4.90 Å². The lowest BCUT2D eigenvalue weighted by Crippen LogP contribution is -2.33. The highest BCUT2D eigenvalue weighted by atomic mass is 79.9. The first-order valence-corrected chi connectivity index (χ1v) is 6.89. The van der Waals surface area contributed by atoms with Gasteiger partial charge >= 0.3 is 12.1 Å². The normalized spacial score (nSPS) is 21.9. The molecule has 10 heteroatoms. The summed E-state index contributed by atoms with van der Waals surface area (Å²) < 4.78 is 39.4. The van der Waals surface area contributed by atoms with Crippen LogP contribution >= 0.6 is 15.9 Å². The van der Waals surface area contributed by atoms with Gasteiger partial charge in [0.05, 0.1) is 16.8 Å². The topological polar surface area (TPSA) is 83.7 Å². The Morgan fingerprint density at radius 3 is 2.50 bits per heavy atom. The molecule has 1 saturated heterocycles. The standard InChI is InChI=1S/C12H10BrF3N2O4/c13-6-1-2-9(18(21)22)10(3-6)17-4-7(11(19)20)8(5-17)12(14,15)16/h1-3,7-8H,4-5H2,(H,19,20)/t7-,8-/m1/s1. The zero-order chi connectivity index (χ0) is 16.7. The summed E-state index contributed by atoms with van der Waals surface area (Å²) in [5.74, 6) is -5.29. The van der Waals surface area contributed by atoms with Crippen molar-refractivity contribution in [3.05, 3.63) is 32.8 Å². The van der Waals surface area contributed by atoms with Gasteiger partial charge in [0, 0.05) is 23.6 Å². The average Bonchev–Trinajstić information content (AvgIpc) is 2.83. The molecule has 1 heterocycles. The second kappa shape index (κ2) is 5.75. The molecule has 0 aliphatic carbocycles. The molecular formula is C12H10BrF3N2O4. The number of benzene rings is 1. The molecule has 2 atom stereocenters. The molecule has 0 unspecified atom stereocenters. The van der Waals surface area contributed by atoms with Gasteiger partial charge in [0.15, 0.2) is 0 Å². The Balaban J connectivity index is 2.41. The van der Waals surface area contributed by atoms with Crippen LogP contribution in [0.5, 0.6) is 0 Å². The minimum absolute atomic E-state index is 0.0302. The van der Waals surface area contributed by atoms with Crippen LogP contribution in [0.1, 0.15) is 0 Å². The van der Waals surface area contributed by atoms with Crippen molar-refractivity contribution in [2.24, 2.45) is 11.8 Å².